The number of benzene rings is 2. The molecule has 1 aliphatic rings. The average molecular weight is 476 g/mol. The van der Waals surface area contributed by atoms with E-state index in [0.29, 0.717) is 18.9 Å². The summed E-state index contributed by atoms with van der Waals surface area (Å²) in [5, 5.41) is 15.9. The second-order valence-electron chi connectivity index (χ2n) is 7.12. The molecule has 1 fully saturated rings. The van der Waals surface area contributed by atoms with E-state index in [4.69, 9.17) is 16.3 Å². The number of halogens is 1. The molecule has 3 rings (SSSR count). The summed E-state index contributed by atoms with van der Waals surface area (Å²) < 4.78 is 32.4. The number of carbonyl (C=O) groups excluding carboxylic acids is 1. The lowest BCUT2D eigenvalue weighted by molar-refractivity contribution is -0.110. The van der Waals surface area contributed by atoms with Gasteiger partial charge in [-0.25, -0.2) is 8.42 Å². The van der Waals surface area contributed by atoms with E-state index in [1.54, 1.807) is 12.1 Å². The van der Waals surface area contributed by atoms with Crippen LogP contribution in [0.2, 0.25) is 5.02 Å². The summed E-state index contributed by atoms with van der Waals surface area (Å²) in [7, 11) is -3.84. The Kier molecular flexibility index (Phi) is 7.48. The molecule has 0 spiro atoms. The molecule has 0 radical (unpaired) electrons. The van der Waals surface area contributed by atoms with Crippen LogP contribution >= 0.6 is 11.6 Å². The first kappa shape index (κ1) is 23.7. The smallest absolute Gasteiger partial charge is 0.287 e. The molecule has 32 heavy (non-hydrogen) atoms. The van der Waals surface area contributed by atoms with Gasteiger partial charge in [-0.1, -0.05) is 29.3 Å². The first-order valence-electron chi connectivity index (χ1n) is 9.72. The molecule has 1 amide bonds. The largest absolute Gasteiger partial charge is 0.379 e. The molecule has 168 valence electrons. The van der Waals surface area contributed by atoms with Crippen molar-refractivity contribution >= 4 is 44.6 Å². The third-order valence-electron chi connectivity index (χ3n) is 4.77. The number of amides is 1. The van der Waals surface area contributed by atoms with E-state index >= 15 is 0 Å². The summed E-state index contributed by atoms with van der Waals surface area (Å²) >= 11 is 6.14. The zero-order chi connectivity index (χ0) is 23.3. The first-order valence-corrected chi connectivity index (χ1v) is 11.5. The Morgan fingerprint density at radius 1 is 1.19 bits per heavy atom. The van der Waals surface area contributed by atoms with Gasteiger partial charge in [0.15, 0.2) is 0 Å². The number of hydrogen-bond acceptors (Lipinski definition) is 7. The van der Waals surface area contributed by atoms with Crippen molar-refractivity contribution in [3.05, 3.63) is 52.5 Å². The summed E-state index contributed by atoms with van der Waals surface area (Å²) in [6, 6.07) is 11.5. The van der Waals surface area contributed by atoms with Crippen LogP contribution in [0.25, 0.3) is 0 Å². The zero-order valence-electron chi connectivity index (χ0n) is 17.6. The predicted octanol–water partition coefficient (Wildman–Crippen LogP) is 2.91. The Bertz CT molecular complexity index is 1200. The molecule has 1 aliphatic heterocycles. The Morgan fingerprint density at radius 3 is 2.56 bits per heavy atom. The van der Waals surface area contributed by atoms with Gasteiger partial charge in [-0.2, -0.15) is 14.7 Å². The van der Waals surface area contributed by atoms with Crippen LogP contribution < -0.4 is 10.7 Å². The van der Waals surface area contributed by atoms with E-state index in [1.807, 2.05) is 26.0 Å². The minimum atomic E-state index is -3.84. The van der Waals surface area contributed by atoms with Gasteiger partial charge in [-0.3, -0.25) is 10.2 Å². The fourth-order valence-corrected chi connectivity index (χ4v) is 4.99. The van der Waals surface area contributed by atoms with E-state index in [1.165, 1.54) is 22.5 Å². The SMILES string of the molecule is Cc1ccc(NC(=O)/C(C#N)=N/Nc2ccc(Cl)c(S(=O)(=O)N3CCOCC3)c2)c(C)c1. The van der Waals surface area contributed by atoms with Gasteiger partial charge >= 0.3 is 0 Å². The van der Waals surface area contributed by atoms with Crippen LogP contribution in [0.5, 0.6) is 0 Å². The van der Waals surface area contributed by atoms with Gasteiger partial charge in [0.25, 0.3) is 5.91 Å². The molecule has 0 aliphatic carbocycles. The van der Waals surface area contributed by atoms with Gasteiger partial charge in [0.1, 0.15) is 11.0 Å². The van der Waals surface area contributed by atoms with Crippen LogP contribution in [0.3, 0.4) is 0 Å². The average Bonchev–Trinajstić information content (AvgIpc) is 2.77. The maximum absolute atomic E-state index is 12.9. The van der Waals surface area contributed by atoms with Gasteiger partial charge in [0.05, 0.1) is 23.9 Å². The molecular formula is C21H22ClN5O4S. The first-order chi connectivity index (χ1) is 15.2. The summed E-state index contributed by atoms with van der Waals surface area (Å²) in [5.74, 6) is -0.693. The normalized spacial score (nSPS) is 15.1. The molecule has 2 aromatic carbocycles. The summed E-state index contributed by atoms with van der Waals surface area (Å²) in [5.41, 5.74) is 4.86. The van der Waals surface area contributed by atoms with Crippen molar-refractivity contribution in [2.75, 3.05) is 37.0 Å². The minimum Gasteiger partial charge on any atom is -0.379 e. The fraction of sp³-hybridized carbons (Fsp3) is 0.286. The van der Waals surface area contributed by atoms with Crippen LogP contribution in [0.15, 0.2) is 46.4 Å². The second kappa shape index (κ2) is 10.1. The third-order valence-corrected chi connectivity index (χ3v) is 7.15. The zero-order valence-corrected chi connectivity index (χ0v) is 19.1. The number of morpholine rings is 1. The molecule has 9 nitrogen and oxygen atoms in total. The number of sulfonamides is 1. The van der Waals surface area contributed by atoms with Crippen molar-refractivity contribution < 1.29 is 17.9 Å². The van der Waals surface area contributed by atoms with Gasteiger partial charge in [0, 0.05) is 18.8 Å². The number of aryl methyl sites for hydroxylation is 2. The lowest BCUT2D eigenvalue weighted by atomic mass is 10.1. The molecule has 2 aromatic rings. The molecule has 0 bridgehead atoms. The Hall–Kier alpha value is -2.97. The highest BCUT2D eigenvalue weighted by Gasteiger charge is 2.28. The number of carbonyl (C=O) groups is 1. The number of hydrazone groups is 1. The van der Waals surface area contributed by atoms with Gasteiger partial charge < -0.3 is 10.1 Å². The van der Waals surface area contributed by atoms with E-state index < -0.39 is 21.6 Å². The number of anilines is 2. The lowest BCUT2D eigenvalue weighted by Gasteiger charge is -2.26. The monoisotopic (exact) mass is 475 g/mol. The van der Waals surface area contributed by atoms with Crippen molar-refractivity contribution in [1.82, 2.24) is 4.31 Å². The maximum atomic E-state index is 12.9. The topological polar surface area (TPSA) is 124 Å². The van der Waals surface area contributed by atoms with Crippen molar-refractivity contribution in [2.24, 2.45) is 5.10 Å². The van der Waals surface area contributed by atoms with Crippen molar-refractivity contribution in [1.29, 1.82) is 5.26 Å². The summed E-state index contributed by atoms with van der Waals surface area (Å²) in [6.45, 7) is 4.84. The highest BCUT2D eigenvalue weighted by Crippen LogP contribution is 2.28. The van der Waals surface area contributed by atoms with E-state index in [0.717, 1.165) is 11.1 Å². The van der Waals surface area contributed by atoms with Crippen molar-refractivity contribution in [3.8, 4) is 6.07 Å². The summed E-state index contributed by atoms with van der Waals surface area (Å²) in [6.07, 6.45) is 0. The maximum Gasteiger partial charge on any atom is 0.287 e. The molecule has 1 saturated heterocycles. The molecular weight excluding hydrogens is 454 g/mol. The van der Waals surface area contributed by atoms with Crippen LogP contribution in [-0.2, 0) is 19.6 Å². The molecule has 11 heteroatoms. The molecule has 0 saturated carbocycles. The molecule has 2 N–H and O–H groups in total. The van der Waals surface area contributed by atoms with Crippen molar-refractivity contribution in [2.45, 2.75) is 18.7 Å². The van der Waals surface area contributed by atoms with Crippen LogP contribution in [0.4, 0.5) is 11.4 Å². The number of hydrogen-bond donors (Lipinski definition) is 2. The standard InChI is InChI=1S/C21H22ClN5O4S/c1-14-3-6-18(15(2)11-14)24-21(28)19(13-23)26-25-16-4-5-17(22)20(12-16)32(29,30)27-7-9-31-10-8-27/h3-6,11-12,25H,7-10H2,1-2H3,(H,24,28)/b26-19+. The Labute approximate surface area is 191 Å². The highest BCUT2D eigenvalue weighted by atomic mass is 35.5. The second-order valence-corrected chi connectivity index (χ2v) is 9.43. The van der Waals surface area contributed by atoms with Crippen LogP contribution in [0.1, 0.15) is 11.1 Å². The van der Waals surface area contributed by atoms with E-state index in [2.05, 4.69) is 15.8 Å². The van der Waals surface area contributed by atoms with Crippen LogP contribution in [0, 0.1) is 25.2 Å². The Balaban J connectivity index is 1.79. The number of nitrogens with one attached hydrogen (secondary N) is 2. The molecule has 0 unspecified atom stereocenters. The predicted molar refractivity (Wildman–Crippen MR) is 122 cm³/mol. The van der Waals surface area contributed by atoms with E-state index in [-0.39, 0.29) is 28.7 Å². The minimum absolute atomic E-state index is 0.0547. The van der Waals surface area contributed by atoms with Gasteiger partial charge in [-0.15, -0.1) is 0 Å². The van der Waals surface area contributed by atoms with Crippen molar-refractivity contribution in [3.63, 3.8) is 0 Å². The number of rotatable bonds is 6. The van der Waals surface area contributed by atoms with Crippen LogP contribution in [-0.4, -0.2) is 50.6 Å². The summed E-state index contributed by atoms with van der Waals surface area (Å²) in [4.78, 5) is 12.4. The highest BCUT2D eigenvalue weighted by molar-refractivity contribution is 7.89. The Morgan fingerprint density at radius 2 is 1.91 bits per heavy atom. The molecule has 0 atom stereocenters. The lowest BCUT2D eigenvalue weighted by Crippen LogP contribution is -2.40. The molecule has 1 heterocycles. The molecule has 0 aromatic heterocycles. The van der Waals surface area contributed by atoms with E-state index in [9.17, 15) is 18.5 Å². The quantitative estimate of drug-likeness (QED) is 0.489. The van der Waals surface area contributed by atoms with Gasteiger partial charge in [0.2, 0.25) is 15.7 Å². The number of nitrogens with zero attached hydrogens (tertiary/aromatic N) is 3. The number of nitriles is 1. The third kappa shape index (κ3) is 5.44. The number of ether oxygens (including phenoxy) is 1. The van der Waals surface area contributed by atoms with Gasteiger partial charge in [-0.05, 0) is 43.7 Å². The fourth-order valence-electron chi connectivity index (χ4n) is 3.08.